The van der Waals surface area contributed by atoms with Crippen molar-refractivity contribution < 1.29 is 9.59 Å². The van der Waals surface area contributed by atoms with E-state index in [4.69, 9.17) is 0 Å². The zero-order chi connectivity index (χ0) is 8.55. The smallest absolute Gasteiger partial charge is 0.252 e. The average Bonchev–Trinajstić information content (AvgIpc) is 2.49. The Morgan fingerprint density at radius 1 is 1.58 bits per heavy atom. The molecule has 4 heteroatoms. The standard InChI is InChI=1S/C8H7NO2S/c10-3-7-5-1-2-9-8(11)6(5)4-12-7/h3-4H,1-2H2,(H,9,11). The van der Waals surface area contributed by atoms with E-state index in [0.717, 1.165) is 18.3 Å². The van der Waals surface area contributed by atoms with E-state index in [1.54, 1.807) is 5.38 Å². The summed E-state index contributed by atoms with van der Waals surface area (Å²) < 4.78 is 0. The van der Waals surface area contributed by atoms with Gasteiger partial charge < -0.3 is 5.32 Å². The number of amides is 1. The van der Waals surface area contributed by atoms with Crippen LogP contribution in [-0.4, -0.2) is 18.7 Å². The van der Waals surface area contributed by atoms with Crippen LogP contribution < -0.4 is 5.32 Å². The topological polar surface area (TPSA) is 46.2 Å². The highest BCUT2D eigenvalue weighted by atomic mass is 32.1. The SMILES string of the molecule is O=Cc1scc2c1CCNC2=O. The lowest BCUT2D eigenvalue weighted by atomic mass is 10.0. The maximum absolute atomic E-state index is 11.2. The molecule has 1 aromatic rings. The van der Waals surface area contributed by atoms with Crippen LogP contribution in [0.3, 0.4) is 0 Å². The third kappa shape index (κ3) is 0.956. The number of rotatable bonds is 1. The molecule has 0 radical (unpaired) electrons. The molecule has 0 fully saturated rings. The van der Waals surface area contributed by atoms with Crippen molar-refractivity contribution >= 4 is 23.5 Å². The first-order valence-corrected chi connectivity index (χ1v) is 4.54. The highest BCUT2D eigenvalue weighted by molar-refractivity contribution is 7.12. The van der Waals surface area contributed by atoms with Gasteiger partial charge in [-0.25, -0.2) is 0 Å². The van der Waals surface area contributed by atoms with Crippen LogP contribution in [0.1, 0.15) is 25.6 Å². The van der Waals surface area contributed by atoms with Gasteiger partial charge in [0.25, 0.3) is 5.91 Å². The summed E-state index contributed by atoms with van der Waals surface area (Å²) in [5.74, 6) is -0.0550. The van der Waals surface area contributed by atoms with Crippen LogP contribution in [0.15, 0.2) is 5.38 Å². The highest BCUT2D eigenvalue weighted by Crippen LogP contribution is 2.23. The van der Waals surface area contributed by atoms with E-state index in [0.29, 0.717) is 17.0 Å². The second-order valence-corrected chi connectivity index (χ2v) is 3.53. The monoisotopic (exact) mass is 181 g/mol. The van der Waals surface area contributed by atoms with Crippen LogP contribution in [0.25, 0.3) is 0 Å². The van der Waals surface area contributed by atoms with Crippen LogP contribution in [0, 0.1) is 0 Å². The molecule has 2 heterocycles. The molecule has 3 nitrogen and oxygen atoms in total. The quantitative estimate of drug-likeness (QED) is 0.653. The van der Waals surface area contributed by atoms with Gasteiger partial charge in [0.2, 0.25) is 0 Å². The van der Waals surface area contributed by atoms with E-state index >= 15 is 0 Å². The summed E-state index contributed by atoms with van der Waals surface area (Å²) in [5.41, 5.74) is 1.59. The first kappa shape index (κ1) is 7.49. The minimum Gasteiger partial charge on any atom is -0.352 e. The highest BCUT2D eigenvalue weighted by Gasteiger charge is 2.20. The van der Waals surface area contributed by atoms with E-state index in [-0.39, 0.29) is 5.91 Å². The van der Waals surface area contributed by atoms with Gasteiger partial charge in [0.05, 0.1) is 10.4 Å². The predicted octanol–water partition coefficient (Wildman–Crippen LogP) is 0.847. The van der Waals surface area contributed by atoms with Gasteiger partial charge in [-0.2, -0.15) is 0 Å². The third-order valence-corrected chi connectivity index (χ3v) is 2.89. The molecule has 0 unspecified atom stereocenters. The van der Waals surface area contributed by atoms with Crippen molar-refractivity contribution in [2.75, 3.05) is 6.54 Å². The van der Waals surface area contributed by atoms with Gasteiger partial charge in [-0.05, 0) is 12.0 Å². The zero-order valence-electron chi connectivity index (χ0n) is 6.29. The van der Waals surface area contributed by atoms with Gasteiger partial charge in [-0.3, -0.25) is 9.59 Å². The van der Waals surface area contributed by atoms with Gasteiger partial charge >= 0.3 is 0 Å². The molecule has 0 aliphatic carbocycles. The van der Waals surface area contributed by atoms with Gasteiger partial charge in [0.1, 0.15) is 0 Å². The van der Waals surface area contributed by atoms with Crippen molar-refractivity contribution in [3.05, 3.63) is 21.4 Å². The molecule has 62 valence electrons. The fourth-order valence-electron chi connectivity index (χ4n) is 1.34. The number of thiophene rings is 1. The van der Waals surface area contributed by atoms with E-state index in [9.17, 15) is 9.59 Å². The number of carbonyl (C=O) groups excluding carboxylic acids is 2. The molecule has 1 aromatic heterocycles. The molecule has 1 N–H and O–H groups in total. The zero-order valence-corrected chi connectivity index (χ0v) is 7.11. The Labute approximate surface area is 73.4 Å². The number of aldehydes is 1. The summed E-state index contributed by atoms with van der Waals surface area (Å²) in [6.07, 6.45) is 1.60. The number of carbonyl (C=O) groups is 2. The lowest BCUT2D eigenvalue weighted by Crippen LogP contribution is -2.31. The molecule has 0 spiro atoms. The van der Waals surface area contributed by atoms with Crippen molar-refractivity contribution in [3.63, 3.8) is 0 Å². The van der Waals surface area contributed by atoms with E-state index in [1.807, 2.05) is 0 Å². The summed E-state index contributed by atoms with van der Waals surface area (Å²) in [7, 11) is 0. The van der Waals surface area contributed by atoms with Gasteiger partial charge in [-0.15, -0.1) is 11.3 Å². The summed E-state index contributed by atoms with van der Waals surface area (Å²) in [5, 5.41) is 4.47. The van der Waals surface area contributed by atoms with Gasteiger partial charge in [-0.1, -0.05) is 0 Å². The lowest BCUT2D eigenvalue weighted by Gasteiger charge is -2.12. The molecule has 0 saturated heterocycles. The number of nitrogens with one attached hydrogen (secondary N) is 1. The van der Waals surface area contributed by atoms with Gasteiger partial charge in [0, 0.05) is 11.9 Å². The summed E-state index contributed by atoms with van der Waals surface area (Å²) in [4.78, 5) is 22.4. The van der Waals surface area contributed by atoms with Crippen molar-refractivity contribution in [3.8, 4) is 0 Å². The molecular formula is C8H7NO2S. The maximum Gasteiger partial charge on any atom is 0.252 e. The molecule has 0 aromatic carbocycles. The van der Waals surface area contributed by atoms with E-state index in [1.165, 1.54) is 11.3 Å². The molecule has 2 rings (SSSR count). The second-order valence-electron chi connectivity index (χ2n) is 2.62. The summed E-state index contributed by atoms with van der Waals surface area (Å²) >= 11 is 1.34. The normalized spacial score (nSPS) is 15.2. The first-order chi connectivity index (χ1) is 5.83. The van der Waals surface area contributed by atoms with Crippen molar-refractivity contribution in [2.45, 2.75) is 6.42 Å². The fraction of sp³-hybridized carbons (Fsp3) is 0.250. The summed E-state index contributed by atoms with van der Waals surface area (Å²) in [6, 6.07) is 0. The van der Waals surface area contributed by atoms with Crippen LogP contribution in [0.2, 0.25) is 0 Å². The molecule has 0 atom stereocenters. The molecule has 0 saturated carbocycles. The Bertz CT molecular complexity index is 343. The first-order valence-electron chi connectivity index (χ1n) is 3.66. The molecule has 1 aliphatic rings. The Balaban J connectivity index is 2.54. The Kier molecular flexibility index (Phi) is 1.69. The fourth-order valence-corrected chi connectivity index (χ4v) is 2.24. The van der Waals surface area contributed by atoms with E-state index < -0.39 is 0 Å². The number of hydrogen-bond acceptors (Lipinski definition) is 3. The number of fused-ring (bicyclic) bond motifs is 1. The van der Waals surface area contributed by atoms with Crippen LogP contribution in [0.5, 0.6) is 0 Å². The van der Waals surface area contributed by atoms with Gasteiger partial charge in [0.15, 0.2) is 6.29 Å². The minimum absolute atomic E-state index is 0.0550. The lowest BCUT2D eigenvalue weighted by molar-refractivity contribution is 0.0946. The Morgan fingerprint density at radius 3 is 3.17 bits per heavy atom. The second kappa shape index (κ2) is 2.71. The predicted molar refractivity (Wildman–Crippen MR) is 45.7 cm³/mol. The molecular weight excluding hydrogens is 174 g/mol. The maximum atomic E-state index is 11.2. The Morgan fingerprint density at radius 2 is 2.42 bits per heavy atom. The number of hydrogen-bond donors (Lipinski definition) is 1. The molecule has 1 aliphatic heterocycles. The third-order valence-electron chi connectivity index (χ3n) is 1.94. The minimum atomic E-state index is -0.0550. The van der Waals surface area contributed by atoms with Crippen molar-refractivity contribution in [1.29, 1.82) is 0 Å². The average molecular weight is 181 g/mol. The van der Waals surface area contributed by atoms with E-state index in [2.05, 4.69) is 5.32 Å². The van der Waals surface area contributed by atoms with Crippen molar-refractivity contribution in [2.24, 2.45) is 0 Å². The molecule has 12 heavy (non-hydrogen) atoms. The largest absolute Gasteiger partial charge is 0.352 e. The van der Waals surface area contributed by atoms with Crippen LogP contribution >= 0.6 is 11.3 Å². The molecule has 0 bridgehead atoms. The van der Waals surface area contributed by atoms with Crippen molar-refractivity contribution in [1.82, 2.24) is 5.32 Å². The summed E-state index contributed by atoms with van der Waals surface area (Å²) in [6.45, 7) is 0.642. The molecule has 1 amide bonds. The Hall–Kier alpha value is -1.16. The van der Waals surface area contributed by atoms with Crippen LogP contribution in [0.4, 0.5) is 0 Å². The van der Waals surface area contributed by atoms with Crippen LogP contribution in [-0.2, 0) is 6.42 Å².